The van der Waals surface area contributed by atoms with Crippen molar-refractivity contribution < 1.29 is 23.1 Å². The number of benzene rings is 2. The molecule has 0 unspecified atom stereocenters. The zero-order valence-corrected chi connectivity index (χ0v) is 16.2. The number of nitrogen functional groups attached to an aromatic ring is 1. The molecule has 2 aromatic carbocycles. The lowest BCUT2D eigenvalue weighted by molar-refractivity contribution is -0.123. The van der Waals surface area contributed by atoms with Gasteiger partial charge in [-0.05, 0) is 36.2 Å². The molecule has 0 spiro atoms. The topological polar surface area (TPSA) is 87.4 Å². The molecule has 8 heteroatoms. The van der Waals surface area contributed by atoms with Gasteiger partial charge in [0.15, 0.2) is 5.82 Å². The van der Waals surface area contributed by atoms with Crippen LogP contribution in [0.2, 0.25) is 0 Å². The number of aromatic hydroxyl groups is 1. The Kier molecular flexibility index (Phi) is 8.18. The van der Waals surface area contributed by atoms with Crippen LogP contribution in [0.3, 0.4) is 0 Å². The van der Waals surface area contributed by atoms with Gasteiger partial charge in [-0.15, -0.1) is 0 Å². The number of phenolic OH excluding ortho intramolecular Hbond substituents is 1. The maximum atomic E-state index is 14.5. The first-order chi connectivity index (χ1) is 13.8. The van der Waals surface area contributed by atoms with Gasteiger partial charge in [-0.1, -0.05) is 38.3 Å². The maximum Gasteiger partial charge on any atom is 0.262 e. The van der Waals surface area contributed by atoms with Crippen molar-refractivity contribution in [1.82, 2.24) is 0 Å². The van der Waals surface area contributed by atoms with E-state index < -0.39 is 24.1 Å². The minimum absolute atomic E-state index is 0.0492. The quantitative estimate of drug-likeness (QED) is 0.331. The lowest BCUT2D eigenvalue weighted by Gasteiger charge is -2.16. The molecule has 2 atom stereocenters. The Labute approximate surface area is 168 Å². The highest BCUT2D eigenvalue weighted by Crippen LogP contribution is 2.29. The van der Waals surface area contributed by atoms with E-state index in [0.29, 0.717) is 6.42 Å². The molecular weight excluding hydrogens is 383 g/mol. The van der Waals surface area contributed by atoms with Gasteiger partial charge in [-0.2, -0.15) is 0 Å². The lowest BCUT2D eigenvalue weighted by Crippen LogP contribution is -2.32. The molecule has 0 fully saturated rings. The molecule has 1 amide bonds. The SMILES string of the molecule is CCCCC[C@H](F)[C@@H](F)C(=O)Nc1ccc(NCc2ccc(O)cc2)c(F)c1N. The molecule has 0 aliphatic heterocycles. The van der Waals surface area contributed by atoms with Crippen LogP contribution in [0.1, 0.15) is 38.2 Å². The molecule has 0 bridgehead atoms. The summed E-state index contributed by atoms with van der Waals surface area (Å²) in [6.45, 7) is 2.21. The average Bonchev–Trinajstić information content (AvgIpc) is 2.71. The van der Waals surface area contributed by atoms with Crippen LogP contribution in [-0.2, 0) is 11.3 Å². The molecule has 0 heterocycles. The molecular formula is C21H26F3N3O2. The van der Waals surface area contributed by atoms with E-state index in [-0.39, 0.29) is 35.8 Å². The standard InChI is InChI=1S/C21H26F3N3O2/c1-2-3-4-5-15(22)18(23)21(29)27-17-11-10-16(19(24)20(17)25)26-12-13-6-8-14(28)9-7-13/h6-11,15,18,26,28H,2-5,12,25H2,1H3,(H,27,29)/t15-,18+/m0/s1. The Morgan fingerprint density at radius 2 is 1.76 bits per heavy atom. The number of nitrogens with two attached hydrogens (primary N) is 1. The number of amides is 1. The molecule has 5 N–H and O–H groups in total. The predicted molar refractivity (Wildman–Crippen MR) is 109 cm³/mol. The molecule has 2 aromatic rings. The molecule has 0 saturated heterocycles. The van der Waals surface area contributed by atoms with Gasteiger partial charge in [0.05, 0.1) is 17.1 Å². The van der Waals surface area contributed by atoms with E-state index in [4.69, 9.17) is 5.73 Å². The molecule has 158 valence electrons. The third kappa shape index (κ3) is 6.30. The molecule has 5 nitrogen and oxygen atoms in total. The summed E-state index contributed by atoms with van der Waals surface area (Å²) in [7, 11) is 0. The van der Waals surface area contributed by atoms with Gasteiger partial charge in [-0.3, -0.25) is 4.79 Å². The van der Waals surface area contributed by atoms with Gasteiger partial charge in [0.2, 0.25) is 6.17 Å². The summed E-state index contributed by atoms with van der Waals surface area (Å²) in [5, 5.41) is 14.3. The van der Waals surface area contributed by atoms with Crippen molar-refractivity contribution in [2.75, 3.05) is 16.4 Å². The van der Waals surface area contributed by atoms with Crippen LogP contribution >= 0.6 is 0 Å². The summed E-state index contributed by atoms with van der Waals surface area (Å²) in [6, 6.07) is 9.04. The van der Waals surface area contributed by atoms with Gasteiger partial charge < -0.3 is 21.5 Å². The fourth-order valence-electron chi connectivity index (χ4n) is 2.75. The summed E-state index contributed by atoms with van der Waals surface area (Å²) in [5.74, 6) is -1.88. The summed E-state index contributed by atoms with van der Waals surface area (Å²) in [4.78, 5) is 11.9. The molecule has 0 aliphatic rings. The highest BCUT2D eigenvalue weighted by Gasteiger charge is 2.28. The third-order valence-corrected chi connectivity index (χ3v) is 4.51. The Bertz CT molecular complexity index is 816. The molecule has 0 saturated carbocycles. The number of hydrogen-bond acceptors (Lipinski definition) is 4. The Hall–Kier alpha value is -2.90. The van der Waals surface area contributed by atoms with Gasteiger partial charge in [0.1, 0.15) is 11.9 Å². The average molecular weight is 409 g/mol. The third-order valence-electron chi connectivity index (χ3n) is 4.51. The number of rotatable bonds is 10. The van der Waals surface area contributed by atoms with Crippen molar-refractivity contribution in [3.05, 3.63) is 47.8 Å². The van der Waals surface area contributed by atoms with Crippen molar-refractivity contribution >= 4 is 23.0 Å². The zero-order valence-electron chi connectivity index (χ0n) is 16.2. The molecule has 29 heavy (non-hydrogen) atoms. The Morgan fingerprint density at radius 3 is 2.41 bits per heavy atom. The Morgan fingerprint density at radius 1 is 1.10 bits per heavy atom. The minimum Gasteiger partial charge on any atom is -0.508 e. The number of phenols is 1. The fourth-order valence-corrected chi connectivity index (χ4v) is 2.75. The molecule has 2 rings (SSSR count). The lowest BCUT2D eigenvalue weighted by atomic mass is 10.1. The van der Waals surface area contributed by atoms with Crippen molar-refractivity contribution in [2.24, 2.45) is 0 Å². The maximum absolute atomic E-state index is 14.5. The van der Waals surface area contributed by atoms with Crippen LogP contribution in [0.15, 0.2) is 36.4 Å². The summed E-state index contributed by atoms with van der Waals surface area (Å²) in [6.07, 6.45) is -2.21. The van der Waals surface area contributed by atoms with Crippen molar-refractivity contribution in [2.45, 2.75) is 51.5 Å². The van der Waals surface area contributed by atoms with Gasteiger partial charge >= 0.3 is 0 Å². The predicted octanol–water partition coefficient (Wildman–Crippen LogP) is 4.92. The van der Waals surface area contributed by atoms with Gasteiger partial charge in [-0.25, -0.2) is 13.2 Å². The second-order valence-electron chi connectivity index (χ2n) is 6.81. The number of alkyl halides is 2. The first-order valence-corrected chi connectivity index (χ1v) is 9.52. The van der Waals surface area contributed by atoms with Crippen LogP contribution in [0, 0.1) is 5.82 Å². The van der Waals surface area contributed by atoms with Crippen molar-refractivity contribution in [3.8, 4) is 5.75 Å². The van der Waals surface area contributed by atoms with E-state index >= 15 is 0 Å². The van der Waals surface area contributed by atoms with Crippen LogP contribution in [0.4, 0.5) is 30.2 Å². The summed E-state index contributed by atoms with van der Waals surface area (Å²) >= 11 is 0. The first kappa shape index (κ1) is 22.4. The monoisotopic (exact) mass is 409 g/mol. The number of unbranched alkanes of at least 4 members (excludes halogenated alkanes) is 2. The van der Waals surface area contributed by atoms with E-state index in [9.17, 15) is 23.1 Å². The van der Waals surface area contributed by atoms with Crippen molar-refractivity contribution in [3.63, 3.8) is 0 Å². The first-order valence-electron chi connectivity index (χ1n) is 9.52. The second-order valence-corrected chi connectivity index (χ2v) is 6.81. The number of hydrogen-bond donors (Lipinski definition) is 4. The highest BCUT2D eigenvalue weighted by molar-refractivity contribution is 5.97. The van der Waals surface area contributed by atoms with Crippen LogP contribution in [0.5, 0.6) is 5.75 Å². The number of anilines is 3. The summed E-state index contributed by atoms with van der Waals surface area (Å²) < 4.78 is 42.3. The van der Waals surface area contributed by atoms with E-state index in [1.807, 2.05) is 6.92 Å². The highest BCUT2D eigenvalue weighted by atomic mass is 19.2. The van der Waals surface area contributed by atoms with E-state index in [1.165, 1.54) is 24.3 Å². The second kappa shape index (κ2) is 10.6. The van der Waals surface area contributed by atoms with E-state index in [2.05, 4.69) is 10.6 Å². The van der Waals surface area contributed by atoms with Gasteiger partial charge in [0.25, 0.3) is 5.91 Å². The van der Waals surface area contributed by atoms with Crippen LogP contribution in [0.25, 0.3) is 0 Å². The van der Waals surface area contributed by atoms with E-state index in [0.717, 1.165) is 18.4 Å². The van der Waals surface area contributed by atoms with Gasteiger partial charge in [0, 0.05) is 6.54 Å². The molecule has 0 radical (unpaired) electrons. The number of halogens is 3. The molecule has 0 aromatic heterocycles. The molecule has 0 aliphatic carbocycles. The minimum atomic E-state index is -2.35. The number of nitrogens with one attached hydrogen (secondary N) is 2. The number of carbonyl (C=O) groups is 1. The fraction of sp³-hybridized carbons (Fsp3) is 0.381. The number of carbonyl (C=O) groups excluding carboxylic acids is 1. The van der Waals surface area contributed by atoms with E-state index in [1.54, 1.807) is 12.1 Å². The normalized spacial score (nSPS) is 13.0. The van der Waals surface area contributed by atoms with Crippen molar-refractivity contribution in [1.29, 1.82) is 0 Å². The smallest absolute Gasteiger partial charge is 0.262 e. The summed E-state index contributed by atoms with van der Waals surface area (Å²) in [5.41, 5.74) is 6.12. The van der Waals surface area contributed by atoms with Crippen LogP contribution in [-0.4, -0.2) is 23.4 Å². The van der Waals surface area contributed by atoms with Crippen LogP contribution < -0.4 is 16.4 Å². The Balaban J connectivity index is 1.99. The largest absolute Gasteiger partial charge is 0.508 e. The zero-order chi connectivity index (χ0) is 21.4.